The Bertz CT molecular complexity index is 362. The molecule has 1 fully saturated rings. The van der Waals surface area contributed by atoms with Crippen LogP contribution in [0.1, 0.15) is 13.3 Å². The van der Waals surface area contributed by atoms with Crippen LogP contribution in [0.15, 0.2) is 0 Å². The van der Waals surface area contributed by atoms with Crippen LogP contribution in [0.5, 0.6) is 0 Å². The van der Waals surface area contributed by atoms with Gasteiger partial charge in [0.05, 0.1) is 6.10 Å². The van der Waals surface area contributed by atoms with Crippen molar-refractivity contribution in [2.75, 3.05) is 18.6 Å². The first-order valence-corrected chi connectivity index (χ1v) is 7.32. The number of β-amino-alcohol motifs (C(OH)–C–C–N with tert-alkyl or cyclic N) is 1. The second-order valence-corrected chi connectivity index (χ2v) is 5.97. The Morgan fingerprint density at radius 3 is 2.67 bits per heavy atom. The van der Waals surface area contributed by atoms with Crippen molar-refractivity contribution in [1.82, 2.24) is 10.2 Å². The van der Waals surface area contributed by atoms with Gasteiger partial charge in [-0.1, -0.05) is 0 Å². The predicted molar refractivity (Wildman–Crippen MR) is 65.7 cm³/mol. The predicted octanol–water partition coefficient (Wildman–Crippen LogP) is -1.02. The number of aliphatic hydroxyl groups excluding tert-OH is 1. The Morgan fingerprint density at radius 2 is 2.17 bits per heavy atom. The second-order valence-electron chi connectivity index (χ2n) is 4.49. The molecule has 1 saturated heterocycles. The van der Waals surface area contributed by atoms with Gasteiger partial charge in [0.15, 0.2) is 0 Å². The molecule has 7 nitrogen and oxygen atoms in total. The SMILES string of the molecule is CC(CS(C)=O)NC(=O)N1C[C@@H](O)C[C@H]1C(=O)O. The van der Waals surface area contributed by atoms with E-state index in [9.17, 15) is 18.9 Å². The molecule has 0 aromatic rings. The molecule has 0 spiro atoms. The Labute approximate surface area is 108 Å². The molecule has 0 aromatic carbocycles. The topological polar surface area (TPSA) is 107 Å². The molecule has 0 saturated carbocycles. The quantitative estimate of drug-likeness (QED) is 0.610. The maximum absolute atomic E-state index is 11.8. The average molecular weight is 278 g/mol. The maximum atomic E-state index is 11.8. The van der Waals surface area contributed by atoms with Gasteiger partial charge in [-0.05, 0) is 6.92 Å². The number of nitrogens with one attached hydrogen (secondary N) is 1. The molecule has 0 aromatic heterocycles. The van der Waals surface area contributed by atoms with Crippen molar-refractivity contribution < 1.29 is 24.0 Å². The first-order chi connectivity index (χ1) is 8.31. The van der Waals surface area contributed by atoms with Crippen molar-refractivity contribution >= 4 is 22.8 Å². The summed E-state index contributed by atoms with van der Waals surface area (Å²) < 4.78 is 11.0. The van der Waals surface area contributed by atoms with Crippen LogP contribution in [0.4, 0.5) is 4.79 Å². The van der Waals surface area contributed by atoms with Crippen molar-refractivity contribution in [2.45, 2.75) is 31.5 Å². The lowest BCUT2D eigenvalue weighted by Crippen LogP contribution is -2.49. The smallest absolute Gasteiger partial charge is 0.326 e. The molecule has 2 amide bonds. The van der Waals surface area contributed by atoms with E-state index in [4.69, 9.17) is 5.11 Å². The van der Waals surface area contributed by atoms with Crippen LogP contribution in [-0.2, 0) is 15.6 Å². The molecular weight excluding hydrogens is 260 g/mol. The Morgan fingerprint density at radius 1 is 1.56 bits per heavy atom. The lowest BCUT2D eigenvalue weighted by atomic mass is 10.2. The molecule has 8 heteroatoms. The molecule has 1 rings (SSSR count). The Balaban J connectivity index is 2.60. The number of aliphatic carboxylic acids is 1. The molecule has 1 aliphatic rings. The van der Waals surface area contributed by atoms with Gasteiger partial charge in [-0.25, -0.2) is 9.59 Å². The van der Waals surface area contributed by atoms with Crippen LogP contribution in [0.2, 0.25) is 0 Å². The highest BCUT2D eigenvalue weighted by atomic mass is 32.2. The van der Waals surface area contributed by atoms with Gasteiger partial charge in [0.2, 0.25) is 0 Å². The minimum atomic E-state index is -1.13. The summed E-state index contributed by atoms with van der Waals surface area (Å²) in [5.41, 5.74) is 0. The number of carboxylic acids is 1. The fourth-order valence-electron chi connectivity index (χ4n) is 1.96. The normalized spacial score (nSPS) is 26.7. The summed E-state index contributed by atoms with van der Waals surface area (Å²) in [5.74, 6) is -0.826. The molecule has 104 valence electrons. The number of urea groups is 1. The number of carbonyl (C=O) groups excluding carboxylic acids is 1. The molecule has 2 unspecified atom stereocenters. The Hall–Kier alpha value is -1.15. The van der Waals surface area contributed by atoms with Crippen molar-refractivity contribution in [3.05, 3.63) is 0 Å². The standard InChI is InChI=1S/C10H18N2O5S/c1-6(5-18(2)17)11-10(16)12-4-7(13)3-8(12)9(14)15/h6-8,13H,3-5H2,1-2H3,(H,11,16)(H,14,15)/t6?,7-,8-,18?/m0/s1. The van der Waals surface area contributed by atoms with Gasteiger partial charge in [-0.3, -0.25) is 4.21 Å². The highest BCUT2D eigenvalue weighted by Gasteiger charge is 2.39. The van der Waals surface area contributed by atoms with E-state index >= 15 is 0 Å². The number of aliphatic hydroxyl groups is 1. The van der Waals surface area contributed by atoms with E-state index in [0.717, 1.165) is 4.90 Å². The van der Waals surface area contributed by atoms with E-state index in [0.29, 0.717) is 5.75 Å². The maximum Gasteiger partial charge on any atom is 0.326 e. The molecule has 0 aliphatic carbocycles. The molecule has 1 heterocycles. The van der Waals surface area contributed by atoms with Gasteiger partial charge < -0.3 is 20.4 Å². The number of carbonyl (C=O) groups is 2. The van der Waals surface area contributed by atoms with E-state index in [1.165, 1.54) is 6.26 Å². The number of rotatable bonds is 4. The van der Waals surface area contributed by atoms with E-state index in [1.54, 1.807) is 6.92 Å². The van der Waals surface area contributed by atoms with E-state index in [2.05, 4.69) is 5.32 Å². The zero-order valence-corrected chi connectivity index (χ0v) is 11.1. The first kappa shape index (κ1) is 14.9. The minimum Gasteiger partial charge on any atom is -0.480 e. The summed E-state index contributed by atoms with van der Waals surface area (Å²) in [4.78, 5) is 23.9. The molecule has 3 N–H and O–H groups in total. The highest BCUT2D eigenvalue weighted by Crippen LogP contribution is 2.18. The van der Waals surface area contributed by atoms with Gasteiger partial charge in [-0.15, -0.1) is 0 Å². The number of amides is 2. The van der Waals surface area contributed by atoms with Crippen LogP contribution in [-0.4, -0.2) is 68.1 Å². The average Bonchev–Trinajstić information content (AvgIpc) is 2.58. The van der Waals surface area contributed by atoms with Crippen molar-refractivity contribution in [2.24, 2.45) is 0 Å². The summed E-state index contributed by atoms with van der Waals surface area (Å²) in [6, 6.07) is -1.85. The van der Waals surface area contributed by atoms with Crippen LogP contribution in [0, 0.1) is 0 Å². The largest absolute Gasteiger partial charge is 0.480 e. The molecule has 1 aliphatic heterocycles. The zero-order valence-electron chi connectivity index (χ0n) is 10.3. The fraction of sp³-hybridized carbons (Fsp3) is 0.800. The summed E-state index contributed by atoms with van der Waals surface area (Å²) in [7, 11) is -1.04. The number of hydrogen-bond acceptors (Lipinski definition) is 4. The third kappa shape index (κ3) is 3.95. The summed E-state index contributed by atoms with van der Waals surface area (Å²) in [5, 5.41) is 20.9. The third-order valence-corrected chi connectivity index (χ3v) is 3.65. The first-order valence-electron chi connectivity index (χ1n) is 5.59. The van der Waals surface area contributed by atoms with Gasteiger partial charge in [0.25, 0.3) is 0 Å². The number of carboxylic acid groups (broad SMARTS) is 1. The molecule has 0 radical (unpaired) electrons. The van der Waals surface area contributed by atoms with Crippen molar-refractivity contribution in [3.8, 4) is 0 Å². The summed E-state index contributed by atoms with van der Waals surface area (Å²) in [6.07, 6.45) is 0.756. The second kappa shape index (κ2) is 6.14. The van der Waals surface area contributed by atoms with Gasteiger partial charge in [0, 0.05) is 41.8 Å². The van der Waals surface area contributed by atoms with Gasteiger partial charge in [-0.2, -0.15) is 0 Å². The van der Waals surface area contributed by atoms with E-state index in [-0.39, 0.29) is 19.0 Å². The highest BCUT2D eigenvalue weighted by molar-refractivity contribution is 7.84. The third-order valence-electron chi connectivity index (χ3n) is 2.68. The zero-order chi connectivity index (χ0) is 13.9. The number of hydrogen-bond donors (Lipinski definition) is 3. The number of likely N-dealkylation sites (tertiary alicyclic amines) is 1. The molecule has 18 heavy (non-hydrogen) atoms. The molecular formula is C10H18N2O5S. The van der Waals surface area contributed by atoms with Crippen LogP contribution < -0.4 is 5.32 Å². The number of nitrogens with zero attached hydrogens (tertiary/aromatic N) is 1. The van der Waals surface area contributed by atoms with Crippen molar-refractivity contribution in [1.29, 1.82) is 0 Å². The Kier molecular flexibility index (Phi) is 5.09. The van der Waals surface area contributed by atoms with Crippen molar-refractivity contribution in [3.63, 3.8) is 0 Å². The van der Waals surface area contributed by atoms with Crippen LogP contribution in [0.3, 0.4) is 0 Å². The fourth-order valence-corrected chi connectivity index (χ4v) is 2.75. The van der Waals surface area contributed by atoms with E-state index < -0.39 is 34.9 Å². The van der Waals surface area contributed by atoms with Crippen LogP contribution >= 0.6 is 0 Å². The lowest BCUT2D eigenvalue weighted by molar-refractivity contribution is -0.141. The van der Waals surface area contributed by atoms with Crippen LogP contribution in [0.25, 0.3) is 0 Å². The van der Waals surface area contributed by atoms with Gasteiger partial charge >= 0.3 is 12.0 Å². The minimum absolute atomic E-state index is 0.00470. The summed E-state index contributed by atoms with van der Waals surface area (Å²) in [6.45, 7) is 1.70. The van der Waals surface area contributed by atoms with E-state index in [1.807, 2.05) is 0 Å². The molecule has 4 atom stereocenters. The summed E-state index contributed by atoms with van der Waals surface area (Å²) >= 11 is 0. The lowest BCUT2D eigenvalue weighted by Gasteiger charge is -2.23. The molecule has 0 bridgehead atoms. The monoisotopic (exact) mass is 278 g/mol. The van der Waals surface area contributed by atoms with Gasteiger partial charge in [0.1, 0.15) is 6.04 Å².